The Hall–Kier alpha value is -1.79. The molecule has 1 aromatic carbocycles. The number of carbonyl (C=O) groups is 2. The number of rotatable bonds is 2. The van der Waals surface area contributed by atoms with Gasteiger partial charge in [-0.05, 0) is 32.0 Å². The van der Waals surface area contributed by atoms with E-state index in [1.807, 2.05) is 7.05 Å². The van der Waals surface area contributed by atoms with Crippen LogP contribution in [-0.2, 0) is 0 Å². The van der Waals surface area contributed by atoms with Gasteiger partial charge < -0.3 is 10.6 Å². The molecule has 0 radical (unpaired) electrons. The molecule has 0 aliphatic carbocycles. The van der Waals surface area contributed by atoms with E-state index in [2.05, 4.69) is 4.90 Å². The number of nitrogens with two attached hydrogens (primary N) is 1. The first-order chi connectivity index (χ1) is 9.97. The van der Waals surface area contributed by atoms with E-state index >= 15 is 0 Å². The molecule has 2 amide bonds. The van der Waals surface area contributed by atoms with E-state index in [4.69, 9.17) is 18.0 Å². The smallest absolute Gasteiger partial charge is 0.262 e. The van der Waals surface area contributed by atoms with Gasteiger partial charge in [-0.1, -0.05) is 24.4 Å². The highest BCUT2D eigenvalue weighted by atomic mass is 32.1. The maximum absolute atomic E-state index is 12.7. The second-order valence-corrected chi connectivity index (χ2v) is 6.13. The lowest BCUT2D eigenvalue weighted by molar-refractivity contribution is 0.0421. The number of likely N-dealkylation sites (tertiary alicyclic amines) is 1. The van der Waals surface area contributed by atoms with E-state index in [-0.39, 0.29) is 16.8 Å². The molecule has 0 atom stereocenters. The molecule has 2 N–H and O–H groups in total. The summed E-state index contributed by atoms with van der Waals surface area (Å²) in [4.78, 5) is 29.0. The zero-order valence-corrected chi connectivity index (χ0v) is 12.7. The van der Waals surface area contributed by atoms with Crippen molar-refractivity contribution in [2.24, 2.45) is 5.73 Å². The summed E-state index contributed by atoms with van der Waals surface area (Å²) >= 11 is 5.23. The third-order valence-electron chi connectivity index (χ3n) is 4.49. The Bertz CT molecular complexity index is 601. The molecule has 1 aromatic rings. The molecule has 110 valence electrons. The fraction of sp³-hybridized carbons (Fsp3) is 0.400. The zero-order chi connectivity index (χ0) is 15.2. The summed E-state index contributed by atoms with van der Waals surface area (Å²) in [7, 11) is 2.01. The van der Waals surface area contributed by atoms with Gasteiger partial charge in [0, 0.05) is 13.1 Å². The van der Waals surface area contributed by atoms with E-state index in [0.29, 0.717) is 24.0 Å². The minimum absolute atomic E-state index is 0.227. The summed E-state index contributed by atoms with van der Waals surface area (Å²) in [6, 6.07) is 6.88. The molecule has 0 spiro atoms. The minimum Gasteiger partial charge on any atom is -0.391 e. The van der Waals surface area contributed by atoms with Crippen molar-refractivity contribution in [3.8, 4) is 0 Å². The standard InChI is InChI=1S/C15H17N3O2S/c1-17-8-6-15(7-9-17,14(16)21)18-12(19)10-4-2-3-5-11(10)13(18)20/h2-5H,6-9H2,1H3,(H2,16,21). The molecular weight excluding hydrogens is 286 g/mol. The molecule has 6 heteroatoms. The van der Waals surface area contributed by atoms with Crippen LogP contribution in [0, 0.1) is 0 Å². The number of thiocarbonyl (C=S) groups is 1. The minimum atomic E-state index is -0.838. The van der Waals surface area contributed by atoms with Crippen LogP contribution < -0.4 is 5.73 Å². The van der Waals surface area contributed by atoms with E-state index < -0.39 is 5.54 Å². The Balaban J connectivity index is 2.05. The normalized spacial score (nSPS) is 21.5. The summed E-state index contributed by atoms with van der Waals surface area (Å²) in [6.45, 7) is 1.51. The van der Waals surface area contributed by atoms with Crippen LogP contribution in [0.5, 0.6) is 0 Å². The fourth-order valence-corrected chi connectivity index (χ4v) is 3.44. The number of nitrogens with zero attached hydrogens (tertiary/aromatic N) is 2. The first-order valence-corrected chi connectivity index (χ1v) is 7.34. The van der Waals surface area contributed by atoms with Gasteiger partial charge in [-0.25, -0.2) is 0 Å². The van der Waals surface area contributed by atoms with Gasteiger partial charge in [-0.3, -0.25) is 14.5 Å². The highest BCUT2D eigenvalue weighted by molar-refractivity contribution is 7.80. The summed E-state index contributed by atoms with van der Waals surface area (Å²) in [5.74, 6) is -0.569. The fourth-order valence-electron chi connectivity index (χ4n) is 3.15. The Kier molecular flexibility index (Phi) is 3.30. The first kappa shape index (κ1) is 14.2. The zero-order valence-electron chi connectivity index (χ0n) is 11.8. The van der Waals surface area contributed by atoms with Gasteiger partial charge in [0.15, 0.2) is 0 Å². The van der Waals surface area contributed by atoms with Crippen molar-refractivity contribution in [2.75, 3.05) is 20.1 Å². The van der Waals surface area contributed by atoms with Gasteiger partial charge in [-0.2, -0.15) is 0 Å². The van der Waals surface area contributed by atoms with Crippen LogP contribution in [0.4, 0.5) is 0 Å². The van der Waals surface area contributed by atoms with Crippen molar-refractivity contribution in [3.63, 3.8) is 0 Å². The lowest BCUT2D eigenvalue weighted by Crippen LogP contribution is -2.63. The van der Waals surface area contributed by atoms with Crippen LogP contribution in [0.2, 0.25) is 0 Å². The van der Waals surface area contributed by atoms with E-state index in [1.165, 1.54) is 4.90 Å². The Labute approximate surface area is 128 Å². The van der Waals surface area contributed by atoms with E-state index in [9.17, 15) is 9.59 Å². The number of amides is 2. The number of piperidine rings is 1. The summed E-state index contributed by atoms with van der Waals surface area (Å²) < 4.78 is 0. The van der Waals surface area contributed by atoms with Crippen molar-refractivity contribution in [2.45, 2.75) is 18.4 Å². The molecule has 0 saturated carbocycles. The highest BCUT2D eigenvalue weighted by Gasteiger charge is 2.51. The molecule has 2 aliphatic heterocycles. The highest BCUT2D eigenvalue weighted by Crippen LogP contribution is 2.36. The average Bonchev–Trinajstić information content (AvgIpc) is 2.73. The van der Waals surface area contributed by atoms with Gasteiger partial charge >= 0.3 is 0 Å². The van der Waals surface area contributed by atoms with Gasteiger partial charge in [0.25, 0.3) is 11.8 Å². The number of benzene rings is 1. The summed E-state index contributed by atoms with van der Waals surface area (Å²) in [6.07, 6.45) is 1.18. The Morgan fingerprint density at radius 3 is 2.05 bits per heavy atom. The molecule has 21 heavy (non-hydrogen) atoms. The SMILES string of the molecule is CN1CCC(C(N)=S)(N2C(=O)c3ccccc3C2=O)CC1. The second kappa shape index (κ2) is 4.89. The lowest BCUT2D eigenvalue weighted by atomic mass is 9.85. The number of imide groups is 1. The summed E-state index contributed by atoms with van der Waals surface area (Å²) in [5, 5.41) is 0. The van der Waals surface area contributed by atoms with Crippen molar-refractivity contribution in [1.29, 1.82) is 0 Å². The molecule has 0 unspecified atom stereocenters. The average molecular weight is 303 g/mol. The molecular formula is C15H17N3O2S. The van der Waals surface area contributed by atoms with Crippen LogP contribution in [0.1, 0.15) is 33.6 Å². The molecule has 1 saturated heterocycles. The van der Waals surface area contributed by atoms with E-state index in [0.717, 1.165) is 13.1 Å². The third kappa shape index (κ3) is 1.98. The Morgan fingerprint density at radius 2 is 1.62 bits per heavy atom. The number of hydrogen-bond acceptors (Lipinski definition) is 4. The monoisotopic (exact) mass is 303 g/mol. The van der Waals surface area contributed by atoms with Crippen LogP contribution in [0.25, 0.3) is 0 Å². The van der Waals surface area contributed by atoms with Crippen molar-refractivity contribution in [3.05, 3.63) is 35.4 Å². The second-order valence-electron chi connectivity index (χ2n) is 5.69. The largest absolute Gasteiger partial charge is 0.391 e. The molecule has 2 aliphatic rings. The topological polar surface area (TPSA) is 66.6 Å². The maximum atomic E-state index is 12.7. The number of hydrogen-bond donors (Lipinski definition) is 1. The van der Waals surface area contributed by atoms with Crippen LogP contribution in [-0.4, -0.2) is 52.3 Å². The Morgan fingerprint density at radius 1 is 1.14 bits per heavy atom. The van der Waals surface area contributed by atoms with Crippen molar-refractivity contribution >= 4 is 29.0 Å². The molecule has 1 fully saturated rings. The van der Waals surface area contributed by atoms with Crippen molar-refractivity contribution < 1.29 is 9.59 Å². The molecule has 0 bridgehead atoms. The van der Waals surface area contributed by atoms with Gasteiger partial charge in [-0.15, -0.1) is 0 Å². The van der Waals surface area contributed by atoms with Gasteiger partial charge in [0.2, 0.25) is 0 Å². The summed E-state index contributed by atoms with van der Waals surface area (Å²) in [5.41, 5.74) is 6.00. The van der Waals surface area contributed by atoms with Gasteiger partial charge in [0.05, 0.1) is 16.1 Å². The van der Waals surface area contributed by atoms with Crippen LogP contribution in [0.15, 0.2) is 24.3 Å². The molecule has 3 rings (SSSR count). The van der Waals surface area contributed by atoms with Crippen molar-refractivity contribution in [1.82, 2.24) is 9.80 Å². The number of fused-ring (bicyclic) bond motifs is 1. The predicted molar refractivity (Wildman–Crippen MR) is 83.2 cm³/mol. The third-order valence-corrected chi connectivity index (χ3v) is 4.87. The van der Waals surface area contributed by atoms with Gasteiger partial charge in [0.1, 0.15) is 5.54 Å². The van der Waals surface area contributed by atoms with E-state index in [1.54, 1.807) is 24.3 Å². The molecule has 5 nitrogen and oxygen atoms in total. The quantitative estimate of drug-likeness (QED) is 0.653. The molecule has 2 heterocycles. The maximum Gasteiger partial charge on any atom is 0.262 e. The lowest BCUT2D eigenvalue weighted by Gasteiger charge is -2.44. The van der Waals surface area contributed by atoms with Crippen LogP contribution in [0.3, 0.4) is 0 Å². The first-order valence-electron chi connectivity index (χ1n) is 6.94. The molecule has 0 aromatic heterocycles. The van der Waals surface area contributed by atoms with Crippen LogP contribution >= 0.6 is 12.2 Å². The predicted octanol–water partition coefficient (Wildman–Crippen LogP) is 1.03. The number of carbonyl (C=O) groups excluding carboxylic acids is 2.